The number of anilines is 1. The smallest absolute Gasteiger partial charge is 0.293 e. The third-order valence-corrected chi connectivity index (χ3v) is 3.16. The lowest BCUT2D eigenvalue weighted by molar-refractivity contribution is -0.384. The zero-order valence-corrected chi connectivity index (χ0v) is 12.1. The summed E-state index contributed by atoms with van der Waals surface area (Å²) in [5.74, 6) is -0.279. The van der Waals surface area contributed by atoms with Crippen LogP contribution in [0.15, 0.2) is 18.2 Å². The van der Waals surface area contributed by atoms with Crippen LogP contribution in [0.4, 0.5) is 11.4 Å². The minimum atomic E-state index is -0.480. The van der Waals surface area contributed by atoms with Crippen LogP contribution in [0.5, 0.6) is 0 Å². The number of nitro groups is 1. The maximum Gasteiger partial charge on any atom is 0.293 e. The van der Waals surface area contributed by atoms with Crippen LogP contribution in [-0.4, -0.2) is 23.4 Å². The highest BCUT2D eigenvalue weighted by atomic mass is 16.6. The number of carbonyl (C=O) groups excluding carboxylic acids is 1. The van der Waals surface area contributed by atoms with Crippen molar-refractivity contribution in [3.05, 3.63) is 33.9 Å². The van der Waals surface area contributed by atoms with Crippen molar-refractivity contribution in [2.75, 3.05) is 11.9 Å². The third-order valence-electron chi connectivity index (χ3n) is 3.16. The Morgan fingerprint density at radius 2 is 1.95 bits per heavy atom. The summed E-state index contributed by atoms with van der Waals surface area (Å²) in [5, 5.41) is 16.8. The van der Waals surface area contributed by atoms with Crippen LogP contribution < -0.4 is 10.6 Å². The second-order valence-corrected chi connectivity index (χ2v) is 4.47. The number of amides is 1. The minimum absolute atomic E-state index is 0.0796. The topological polar surface area (TPSA) is 84.3 Å². The van der Waals surface area contributed by atoms with E-state index in [9.17, 15) is 14.9 Å². The number of hydrogen-bond donors (Lipinski definition) is 2. The fraction of sp³-hybridized carbons (Fsp3) is 0.500. The first-order valence-corrected chi connectivity index (χ1v) is 6.87. The summed E-state index contributed by atoms with van der Waals surface area (Å²) in [5.41, 5.74) is 0.514. The molecule has 0 saturated carbocycles. The number of nitro benzene ring substituents is 1. The second-order valence-electron chi connectivity index (χ2n) is 4.47. The van der Waals surface area contributed by atoms with Gasteiger partial charge in [-0.25, -0.2) is 0 Å². The molecule has 1 rings (SSSR count). The Morgan fingerprint density at radius 1 is 1.30 bits per heavy atom. The van der Waals surface area contributed by atoms with Crippen LogP contribution in [0.3, 0.4) is 0 Å². The summed E-state index contributed by atoms with van der Waals surface area (Å²) in [6.45, 7) is 6.33. The number of nitrogens with zero attached hydrogens (tertiary/aromatic N) is 1. The lowest BCUT2D eigenvalue weighted by Crippen LogP contribution is -2.34. The van der Waals surface area contributed by atoms with E-state index in [-0.39, 0.29) is 23.3 Å². The quantitative estimate of drug-likeness (QED) is 0.593. The standard InChI is InChI=1S/C14H21N3O3/c1-4-10(5-2)16-14(18)11-8-7-9-12(17(19)20)13(11)15-6-3/h7-10,15H,4-6H2,1-3H3,(H,16,18). The van der Waals surface area contributed by atoms with E-state index in [1.807, 2.05) is 20.8 Å². The van der Waals surface area contributed by atoms with Crippen molar-refractivity contribution in [3.8, 4) is 0 Å². The molecule has 1 amide bonds. The van der Waals surface area contributed by atoms with Crippen molar-refractivity contribution >= 4 is 17.3 Å². The summed E-state index contributed by atoms with van der Waals surface area (Å²) >= 11 is 0. The molecule has 0 saturated heterocycles. The van der Waals surface area contributed by atoms with Gasteiger partial charge >= 0.3 is 0 Å². The molecule has 0 unspecified atom stereocenters. The van der Waals surface area contributed by atoms with Gasteiger partial charge in [0.25, 0.3) is 11.6 Å². The molecule has 1 aromatic rings. The SMILES string of the molecule is CCNc1c(C(=O)NC(CC)CC)cccc1[N+](=O)[O-]. The number of para-hydroxylation sites is 1. The maximum atomic E-state index is 12.3. The summed E-state index contributed by atoms with van der Waals surface area (Å²) in [4.78, 5) is 22.8. The average molecular weight is 279 g/mol. The Morgan fingerprint density at radius 3 is 2.45 bits per heavy atom. The Balaban J connectivity index is 3.13. The van der Waals surface area contributed by atoms with Crippen molar-refractivity contribution < 1.29 is 9.72 Å². The van der Waals surface area contributed by atoms with Gasteiger partial charge in [-0.05, 0) is 25.8 Å². The highest BCUT2D eigenvalue weighted by Crippen LogP contribution is 2.28. The van der Waals surface area contributed by atoms with E-state index in [0.717, 1.165) is 12.8 Å². The molecule has 0 aliphatic heterocycles. The number of rotatable bonds is 7. The van der Waals surface area contributed by atoms with E-state index in [1.54, 1.807) is 6.07 Å². The first-order chi connectivity index (χ1) is 9.54. The van der Waals surface area contributed by atoms with Crippen LogP contribution in [0.1, 0.15) is 44.0 Å². The summed E-state index contributed by atoms with van der Waals surface area (Å²) in [7, 11) is 0. The van der Waals surface area contributed by atoms with E-state index in [2.05, 4.69) is 10.6 Å². The van der Waals surface area contributed by atoms with Gasteiger partial charge in [-0.15, -0.1) is 0 Å². The van der Waals surface area contributed by atoms with Crippen LogP contribution in [-0.2, 0) is 0 Å². The van der Waals surface area contributed by atoms with E-state index < -0.39 is 4.92 Å². The fourth-order valence-electron chi connectivity index (χ4n) is 2.00. The first-order valence-electron chi connectivity index (χ1n) is 6.87. The molecule has 0 spiro atoms. The van der Waals surface area contributed by atoms with E-state index in [4.69, 9.17) is 0 Å². The normalized spacial score (nSPS) is 10.4. The third kappa shape index (κ3) is 3.69. The van der Waals surface area contributed by atoms with Crippen LogP contribution in [0.25, 0.3) is 0 Å². The largest absolute Gasteiger partial charge is 0.379 e. The molecule has 1 aromatic carbocycles. The number of carbonyl (C=O) groups is 1. The first kappa shape index (κ1) is 15.9. The predicted molar refractivity (Wildman–Crippen MR) is 79.1 cm³/mol. The molecule has 6 nitrogen and oxygen atoms in total. The fourth-order valence-corrected chi connectivity index (χ4v) is 2.00. The average Bonchev–Trinajstić information content (AvgIpc) is 2.44. The Kier molecular flexibility index (Phi) is 5.96. The van der Waals surface area contributed by atoms with Crippen molar-refractivity contribution in [2.45, 2.75) is 39.7 Å². The Labute approximate surface area is 118 Å². The molecule has 0 radical (unpaired) electrons. The lowest BCUT2D eigenvalue weighted by Gasteiger charge is -2.16. The minimum Gasteiger partial charge on any atom is -0.379 e. The molecule has 20 heavy (non-hydrogen) atoms. The van der Waals surface area contributed by atoms with Crippen molar-refractivity contribution in [2.24, 2.45) is 0 Å². The van der Waals surface area contributed by atoms with Crippen molar-refractivity contribution in [3.63, 3.8) is 0 Å². The van der Waals surface area contributed by atoms with Gasteiger partial charge in [0.2, 0.25) is 0 Å². The summed E-state index contributed by atoms with van der Waals surface area (Å²) < 4.78 is 0. The Hall–Kier alpha value is -2.11. The van der Waals surface area contributed by atoms with Gasteiger partial charge in [-0.3, -0.25) is 14.9 Å². The van der Waals surface area contributed by atoms with Gasteiger partial charge in [0.05, 0.1) is 10.5 Å². The molecule has 110 valence electrons. The highest BCUT2D eigenvalue weighted by Gasteiger charge is 2.22. The highest BCUT2D eigenvalue weighted by molar-refractivity contribution is 6.01. The van der Waals surface area contributed by atoms with Crippen LogP contribution >= 0.6 is 0 Å². The van der Waals surface area contributed by atoms with Crippen molar-refractivity contribution in [1.82, 2.24) is 5.32 Å². The summed E-state index contributed by atoms with van der Waals surface area (Å²) in [6, 6.07) is 4.60. The van der Waals surface area contributed by atoms with Gasteiger partial charge in [-0.1, -0.05) is 19.9 Å². The molecule has 6 heteroatoms. The van der Waals surface area contributed by atoms with Gasteiger partial charge < -0.3 is 10.6 Å². The molecule has 0 heterocycles. The van der Waals surface area contributed by atoms with E-state index >= 15 is 0 Å². The molecule has 0 bridgehead atoms. The molecule has 2 N–H and O–H groups in total. The van der Waals surface area contributed by atoms with Crippen LogP contribution in [0.2, 0.25) is 0 Å². The molecule has 0 aromatic heterocycles. The molecular formula is C14H21N3O3. The number of benzene rings is 1. The second kappa shape index (κ2) is 7.47. The van der Waals surface area contributed by atoms with E-state index in [1.165, 1.54) is 12.1 Å². The van der Waals surface area contributed by atoms with Gasteiger partial charge in [0.1, 0.15) is 5.69 Å². The summed E-state index contributed by atoms with van der Waals surface area (Å²) in [6.07, 6.45) is 1.65. The monoisotopic (exact) mass is 279 g/mol. The Bertz CT molecular complexity index is 485. The number of hydrogen-bond acceptors (Lipinski definition) is 4. The van der Waals surface area contributed by atoms with Crippen LogP contribution in [0, 0.1) is 10.1 Å². The zero-order chi connectivity index (χ0) is 15.1. The molecule has 0 atom stereocenters. The molecule has 0 aliphatic carbocycles. The molecular weight excluding hydrogens is 258 g/mol. The number of nitrogens with one attached hydrogen (secondary N) is 2. The predicted octanol–water partition coefficient (Wildman–Crippen LogP) is 2.95. The van der Waals surface area contributed by atoms with Gasteiger partial charge in [0.15, 0.2) is 0 Å². The lowest BCUT2D eigenvalue weighted by atomic mass is 10.1. The molecule has 0 fully saturated rings. The zero-order valence-electron chi connectivity index (χ0n) is 12.1. The van der Waals surface area contributed by atoms with Gasteiger partial charge in [-0.2, -0.15) is 0 Å². The molecule has 0 aliphatic rings. The van der Waals surface area contributed by atoms with Gasteiger partial charge in [0, 0.05) is 18.7 Å². The van der Waals surface area contributed by atoms with E-state index in [0.29, 0.717) is 12.1 Å². The van der Waals surface area contributed by atoms with Crippen molar-refractivity contribution in [1.29, 1.82) is 0 Å². The maximum absolute atomic E-state index is 12.3.